The van der Waals surface area contributed by atoms with E-state index in [2.05, 4.69) is 20.3 Å². The number of carbonyl (C=O) groups is 2. The zero-order valence-corrected chi connectivity index (χ0v) is 14.9. The zero-order chi connectivity index (χ0) is 21.8. The number of amides is 2. The highest BCUT2D eigenvalue weighted by Crippen LogP contribution is 2.39. The van der Waals surface area contributed by atoms with Crippen molar-refractivity contribution < 1.29 is 28.9 Å². The van der Waals surface area contributed by atoms with Crippen molar-refractivity contribution >= 4 is 17.6 Å². The minimum atomic E-state index is -2.30. The van der Waals surface area contributed by atoms with Gasteiger partial charge in [0.25, 0.3) is 0 Å². The molecule has 0 aromatic carbocycles. The van der Waals surface area contributed by atoms with Crippen LogP contribution in [0.5, 0.6) is 0 Å². The predicted molar refractivity (Wildman–Crippen MR) is 93.5 cm³/mol. The van der Waals surface area contributed by atoms with E-state index < -0.39 is 54.4 Å². The number of carbonyl (C=O) groups excluding carboxylic acids is 2. The maximum absolute atomic E-state index is 14.5. The lowest BCUT2D eigenvalue weighted by Gasteiger charge is -2.23. The van der Waals surface area contributed by atoms with E-state index >= 15 is 0 Å². The maximum atomic E-state index is 14.5. The van der Waals surface area contributed by atoms with Gasteiger partial charge in [-0.25, -0.2) is 9.18 Å². The summed E-state index contributed by atoms with van der Waals surface area (Å²) in [7, 11) is 0. The zero-order valence-electron chi connectivity index (χ0n) is 14.9. The van der Waals surface area contributed by atoms with Gasteiger partial charge < -0.3 is 31.7 Å². The summed E-state index contributed by atoms with van der Waals surface area (Å²) >= 11 is 0. The third kappa shape index (κ3) is 4.60. The van der Waals surface area contributed by atoms with Gasteiger partial charge in [0.05, 0.1) is 6.61 Å². The molecule has 2 heterocycles. The standard InChI is InChI=1S/C14H19FN8O6/c15-9-10(26)14(5-24,21-22-18)29-12(9)23-4-3-8(20-13(23)28)19-6(11(17)27)1-2-7(16)25/h3-4,6,9-10,12,24,26H,1-2,5H2,(H2,16,25)(H2,17,27)(H,19,20,28)/t6-,9-,10-,12+,14+/m0/s1. The van der Waals surface area contributed by atoms with Gasteiger partial charge in [-0.15, -0.1) is 0 Å². The molecule has 14 nitrogen and oxygen atoms in total. The lowest BCUT2D eigenvalue weighted by molar-refractivity contribution is -0.124. The highest BCUT2D eigenvalue weighted by atomic mass is 19.1. The maximum Gasteiger partial charge on any atom is 0.351 e. The number of aliphatic hydroxyl groups is 2. The molecule has 15 heteroatoms. The minimum absolute atomic E-state index is 0.0366. The van der Waals surface area contributed by atoms with Crippen LogP contribution in [0.25, 0.3) is 10.4 Å². The van der Waals surface area contributed by atoms with Gasteiger partial charge in [-0.05, 0) is 18.0 Å². The second kappa shape index (κ2) is 8.83. The summed E-state index contributed by atoms with van der Waals surface area (Å²) in [5.41, 5.74) is 15.5. The highest BCUT2D eigenvalue weighted by Gasteiger charge is 2.56. The van der Waals surface area contributed by atoms with Crippen LogP contribution >= 0.6 is 0 Å². The summed E-state index contributed by atoms with van der Waals surface area (Å²) in [4.78, 5) is 40.6. The van der Waals surface area contributed by atoms with Crippen molar-refractivity contribution in [3.05, 3.63) is 33.2 Å². The largest absolute Gasteiger partial charge is 0.393 e. The van der Waals surface area contributed by atoms with E-state index in [0.29, 0.717) is 4.57 Å². The molecule has 1 aliphatic heterocycles. The molecular formula is C14H19FN8O6. The molecule has 0 aliphatic carbocycles. The average Bonchev–Trinajstić information content (AvgIpc) is 2.90. The Bertz CT molecular complexity index is 889. The fourth-order valence-electron chi connectivity index (χ4n) is 2.72. The lowest BCUT2D eigenvalue weighted by Crippen LogP contribution is -2.43. The number of alkyl halides is 1. The topological polar surface area (TPSA) is 232 Å². The molecule has 5 atom stereocenters. The number of aliphatic hydroxyl groups excluding tert-OH is 2. The molecule has 1 aromatic rings. The molecule has 2 rings (SSSR count). The number of hydrogen-bond donors (Lipinski definition) is 5. The molecule has 0 unspecified atom stereocenters. The van der Waals surface area contributed by atoms with Crippen molar-refractivity contribution in [1.82, 2.24) is 9.55 Å². The summed E-state index contributed by atoms with van der Waals surface area (Å²) in [5, 5.41) is 25.0. The van der Waals surface area contributed by atoms with Crippen LogP contribution in [0.4, 0.5) is 10.2 Å². The normalized spacial score (nSPS) is 27.1. The molecule has 2 amide bonds. The molecule has 0 bridgehead atoms. The molecule has 1 aliphatic rings. The van der Waals surface area contributed by atoms with Crippen LogP contribution in [0.3, 0.4) is 0 Å². The quantitative estimate of drug-likeness (QED) is 0.172. The number of anilines is 1. The Labute approximate surface area is 161 Å². The van der Waals surface area contributed by atoms with Gasteiger partial charge in [-0.2, -0.15) is 4.98 Å². The first-order valence-electron chi connectivity index (χ1n) is 8.25. The number of rotatable bonds is 9. The van der Waals surface area contributed by atoms with E-state index in [4.69, 9.17) is 21.7 Å². The van der Waals surface area contributed by atoms with Gasteiger partial charge in [0, 0.05) is 17.5 Å². The van der Waals surface area contributed by atoms with Crippen LogP contribution in [-0.4, -0.2) is 62.2 Å². The summed E-state index contributed by atoms with van der Waals surface area (Å²) in [6, 6.07) is 0.145. The number of nitrogens with two attached hydrogens (primary N) is 2. The SMILES string of the molecule is [N-]=[N+]=N[C@]1(CO)O[C@@H](n2ccc(N[C@@H](CCC(N)=O)C(N)=O)nc2=O)[C@@H](F)[C@@H]1O. The number of primary amides is 2. The number of halogens is 1. The summed E-state index contributed by atoms with van der Waals surface area (Å²) in [5.74, 6) is -1.57. The molecule has 29 heavy (non-hydrogen) atoms. The number of nitrogens with zero attached hydrogens (tertiary/aromatic N) is 5. The van der Waals surface area contributed by atoms with E-state index in [1.54, 1.807) is 0 Å². The summed E-state index contributed by atoms with van der Waals surface area (Å²) < 4.78 is 20.3. The molecule has 1 saturated heterocycles. The number of nitrogens with one attached hydrogen (secondary N) is 1. The van der Waals surface area contributed by atoms with Gasteiger partial charge in [-0.3, -0.25) is 14.2 Å². The Morgan fingerprint density at radius 3 is 2.76 bits per heavy atom. The molecule has 1 fully saturated rings. The number of aromatic nitrogens is 2. The van der Waals surface area contributed by atoms with E-state index in [0.717, 1.165) is 6.20 Å². The van der Waals surface area contributed by atoms with Crippen molar-refractivity contribution in [2.45, 2.75) is 43.1 Å². The van der Waals surface area contributed by atoms with Crippen molar-refractivity contribution in [3.63, 3.8) is 0 Å². The number of azide groups is 1. The van der Waals surface area contributed by atoms with Gasteiger partial charge in [-0.1, -0.05) is 5.11 Å². The Balaban J connectivity index is 2.25. The fourth-order valence-corrected chi connectivity index (χ4v) is 2.72. The Kier molecular flexibility index (Phi) is 6.71. The van der Waals surface area contributed by atoms with Crippen LogP contribution in [0.15, 0.2) is 22.2 Å². The van der Waals surface area contributed by atoms with E-state index in [9.17, 15) is 29.0 Å². The highest BCUT2D eigenvalue weighted by molar-refractivity contribution is 5.83. The molecule has 158 valence electrons. The Morgan fingerprint density at radius 2 is 2.24 bits per heavy atom. The lowest BCUT2D eigenvalue weighted by atomic mass is 10.1. The van der Waals surface area contributed by atoms with Crippen molar-refractivity contribution in [3.8, 4) is 0 Å². The monoisotopic (exact) mass is 414 g/mol. The first-order valence-corrected chi connectivity index (χ1v) is 8.25. The first kappa shape index (κ1) is 22.0. The van der Waals surface area contributed by atoms with Crippen molar-refractivity contribution in [2.24, 2.45) is 16.6 Å². The van der Waals surface area contributed by atoms with Crippen molar-refractivity contribution in [1.29, 1.82) is 0 Å². The summed E-state index contributed by atoms with van der Waals surface area (Å²) in [6.07, 6.45) is -5.12. The molecular weight excluding hydrogens is 395 g/mol. The van der Waals surface area contributed by atoms with Crippen molar-refractivity contribution in [2.75, 3.05) is 11.9 Å². The van der Waals surface area contributed by atoms with Crippen LogP contribution < -0.4 is 22.5 Å². The van der Waals surface area contributed by atoms with Crippen LogP contribution in [0.2, 0.25) is 0 Å². The van der Waals surface area contributed by atoms with E-state index in [-0.39, 0.29) is 18.7 Å². The average molecular weight is 414 g/mol. The predicted octanol–water partition coefficient (Wildman–Crippen LogP) is -2.00. The second-order valence-electron chi connectivity index (χ2n) is 6.20. The Morgan fingerprint density at radius 1 is 1.55 bits per heavy atom. The molecule has 7 N–H and O–H groups in total. The summed E-state index contributed by atoms with van der Waals surface area (Å²) in [6.45, 7) is -1.03. The Hall–Kier alpha value is -3.26. The van der Waals surface area contributed by atoms with Crippen LogP contribution in [-0.2, 0) is 14.3 Å². The third-order valence-electron chi connectivity index (χ3n) is 4.25. The molecule has 0 saturated carbocycles. The van der Waals surface area contributed by atoms with E-state index in [1.165, 1.54) is 6.07 Å². The number of hydrogen-bond acceptors (Lipinski definition) is 9. The van der Waals surface area contributed by atoms with Gasteiger partial charge >= 0.3 is 5.69 Å². The molecule has 0 radical (unpaired) electrons. The van der Waals surface area contributed by atoms with E-state index in [1.807, 2.05) is 0 Å². The molecule has 1 aromatic heterocycles. The van der Waals surface area contributed by atoms with Gasteiger partial charge in [0.2, 0.25) is 17.5 Å². The fraction of sp³-hybridized carbons (Fsp3) is 0.571. The first-order chi connectivity index (χ1) is 13.6. The number of ether oxygens (including phenoxy) is 1. The second-order valence-corrected chi connectivity index (χ2v) is 6.20. The minimum Gasteiger partial charge on any atom is -0.393 e. The smallest absolute Gasteiger partial charge is 0.351 e. The van der Waals surface area contributed by atoms with Crippen LogP contribution in [0.1, 0.15) is 19.1 Å². The van der Waals surface area contributed by atoms with Gasteiger partial charge in [0.15, 0.2) is 12.4 Å². The van der Waals surface area contributed by atoms with Gasteiger partial charge in [0.1, 0.15) is 18.0 Å². The van der Waals surface area contributed by atoms with Crippen LogP contribution in [0, 0.1) is 0 Å². The molecule has 0 spiro atoms. The third-order valence-corrected chi connectivity index (χ3v) is 4.25.